The van der Waals surface area contributed by atoms with Gasteiger partial charge in [0.1, 0.15) is 11.6 Å². The van der Waals surface area contributed by atoms with E-state index in [9.17, 15) is 9.18 Å². The molecule has 1 aliphatic rings. The quantitative estimate of drug-likeness (QED) is 0.566. The van der Waals surface area contributed by atoms with Gasteiger partial charge in [0, 0.05) is 49.7 Å². The van der Waals surface area contributed by atoms with E-state index in [4.69, 9.17) is 4.74 Å². The van der Waals surface area contributed by atoms with Gasteiger partial charge in [0.2, 0.25) is 0 Å². The number of aryl methyl sites for hydroxylation is 2. The van der Waals surface area contributed by atoms with E-state index in [1.807, 2.05) is 62.4 Å². The summed E-state index contributed by atoms with van der Waals surface area (Å²) in [6.07, 6.45) is 0. The topological polar surface area (TPSA) is 44.8 Å². The van der Waals surface area contributed by atoms with Crippen molar-refractivity contribution in [3.8, 4) is 5.75 Å². The molecule has 4 rings (SSSR count). The van der Waals surface area contributed by atoms with Gasteiger partial charge in [-0.3, -0.25) is 9.69 Å². The second kappa shape index (κ2) is 10.5. The zero-order valence-corrected chi connectivity index (χ0v) is 19.2. The van der Waals surface area contributed by atoms with Gasteiger partial charge in [-0.1, -0.05) is 24.3 Å². The Labute approximate surface area is 194 Å². The van der Waals surface area contributed by atoms with Gasteiger partial charge in [0.15, 0.2) is 6.61 Å². The number of benzene rings is 3. The van der Waals surface area contributed by atoms with Crippen LogP contribution in [0.3, 0.4) is 0 Å². The number of carbonyl (C=O) groups excluding carboxylic acids is 1. The molecular formula is C27H30FN3O2. The van der Waals surface area contributed by atoms with Crippen LogP contribution in [0, 0.1) is 19.7 Å². The van der Waals surface area contributed by atoms with E-state index < -0.39 is 0 Å². The Morgan fingerprint density at radius 2 is 1.61 bits per heavy atom. The van der Waals surface area contributed by atoms with Gasteiger partial charge in [0.05, 0.1) is 0 Å². The molecule has 5 nitrogen and oxygen atoms in total. The highest BCUT2D eigenvalue weighted by atomic mass is 19.1. The van der Waals surface area contributed by atoms with Crippen molar-refractivity contribution in [2.24, 2.45) is 0 Å². The number of piperazine rings is 1. The van der Waals surface area contributed by atoms with Gasteiger partial charge in [-0.05, 0) is 67.4 Å². The summed E-state index contributed by atoms with van der Waals surface area (Å²) in [6, 6.07) is 20.7. The van der Waals surface area contributed by atoms with Crippen LogP contribution in [-0.4, -0.2) is 43.6 Å². The Bertz CT molecular complexity index is 1070. The van der Waals surface area contributed by atoms with E-state index in [1.54, 1.807) is 6.07 Å². The van der Waals surface area contributed by atoms with Crippen LogP contribution in [0.1, 0.15) is 16.7 Å². The highest BCUT2D eigenvalue weighted by Gasteiger charge is 2.18. The third-order valence-corrected chi connectivity index (χ3v) is 5.81. The predicted octanol–water partition coefficient (Wildman–Crippen LogP) is 4.78. The summed E-state index contributed by atoms with van der Waals surface area (Å²) in [5, 5.41) is 2.88. The summed E-state index contributed by atoms with van der Waals surface area (Å²) in [6.45, 7) is 8.12. The highest BCUT2D eigenvalue weighted by Crippen LogP contribution is 2.21. The third kappa shape index (κ3) is 6.33. The van der Waals surface area contributed by atoms with Crippen LogP contribution in [0.2, 0.25) is 0 Å². The molecule has 3 aromatic carbocycles. The molecule has 172 valence electrons. The lowest BCUT2D eigenvalue weighted by Crippen LogP contribution is -2.46. The fraction of sp³-hybridized carbons (Fsp3) is 0.296. The fourth-order valence-corrected chi connectivity index (χ4v) is 4.15. The van der Waals surface area contributed by atoms with Gasteiger partial charge in [-0.15, -0.1) is 0 Å². The molecule has 0 aliphatic carbocycles. The molecule has 0 unspecified atom stereocenters. The fourth-order valence-electron chi connectivity index (χ4n) is 4.15. The molecule has 1 fully saturated rings. The summed E-state index contributed by atoms with van der Waals surface area (Å²) >= 11 is 0. The van der Waals surface area contributed by atoms with Gasteiger partial charge in [-0.2, -0.15) is 0 Å². The van der Waals surface area contributed by atoms with Crippen LogP contribution < -0.4 is 15.0 Å². The largest absolute Gasteiger partial charge is 0.484 e. The Kier molecular flexibility index (Phi) is 7.25. The molecule has 0 bridgehead atoms. The Morgan fingerprint density at radius 1 is 0.939 bits per heavy atom. The summed E-state index contributed by atoms with van der Waals surface area (Å²) in [7, 11) is 0. The minimum Gasteiger partial charge on any atom is -0.484 e. The average molecular weight is 448 g/mol. The molecule has 6 heteroatoms. The Balaban J connectivity index is 1.24. The number of nitrogens with one attached hydrogen (secondary N) is 1. The average Bonchev–Trinajstić information content (AvgIpc) is 2.80. The molecule has 1 saturated heterocycles. The Morgan fingerprint density at radius 3 is 2.27 bits per heavy atom. The molecule has 1 aliphatic heterocycles. The minimum absolute atomic E-state index is 0.0331. The van der Waals surface area contributed by atoms with Crippen LogP contribution in [0.15, 0.2) is 66.7 Å². The SMILES string of the molecule is Cc1cc(C)cc(OCC(=O)Nc2ccc(N3CCN(Cc4ccccc4F)CC3)cc2)c1. The van der Waals surface area contributed by atoms with Gasteiger partial charge in [0.25, 0.3) is 5.91 Å². The zero-order valence-electron chi connectivity index (χ0n) is 19.2. The lowest BCUT2D eigenvalue weighted by molar-refractivity contribution is -0.118. The van der Waals surface area contributed by atoms with Crippen molar-refractivity contribution in [1.29, 1.82) is 0 Å². The number of amides is 1. The maximum atomic E-state index is 13.9. The van der Waals surface area contributed by atoms with Crippen LogP contribution in [0.25, 0.3) is 0 Å². The molecule has 1 heterocycles. The van der Waals surface area contributed by atoms with Crippen LogP contribution >= 0.6 is 0 Å². The monoisotopic (exact) mass is 447 g/mol. The lowest BCUT2D eigenvalue weighted by atomic mass is 10.1. The number of ether oxygens (including phenoxy) is 1. The number of anilines is 2. The van der Waals surface area contributed by atoms with E-state index >= 15 is 0 Å². The summed E-state index contributed by atoms with van der Waals surface area (Å²) in [5.74, 6) is 0.368. The van der Waals surface area contributed by atoms with Crippen molar-refractivity contribution < 1.29 is 13.9 Å². The first-order valence-electron chi connectivity index (χ1n) is 11.3. The molecule has 33 heavy (non-hydrogen) atoms. The summed E-state index contributed by atoms with van der Waals surface area (Å²) < 4.78 is 19.5. The lowest BCUT2D eigenvalue weighted by Gasteiger charge is -2.36. The van der Waals surface area contributed by atoms with E-state index in [-0.39, 0.29) is 18.3 Å². The first kappa shape index (κ1) is 22.8. The first-order chi connectivity index (χ1) is 16.0. The molecular weight excluding hydrogens is 417 g/mol. The highest BCUT2D eigenvalue weighted by molar-refractivity contribution is 5.92. The number of rotatable bonds is 7. The van der Waals surface area contributed by atoms with E-state index in [0.717, 1.165) is 54.2 Å². The van der Waals surface area contributed by atoms with Crippen molar-refractivity contribution in [3.63, 3.8) is 0 Å². The van der Waals surface area contributed by atoms with Gasteiger partial charge < -0.3 is 15.0 Å². The van der Waals surface area contributed by atoms with Crippen molar-refractivity contribution in [3.05, 3.63) is 89.2 Å². The molecule has 0 saturated carbocycles. The van der Waals surface area contributed by atoms with Crippen molar-refractivity contribution in [1.82, 2.24) is 4.90 Å². The second-order valence-electron chi connectivity index (χ2n) is 8.56. The summed E-state index contributed by atoms with van der Waals surface area (Å²) in [4.78, 5) is 16.9. The molecule has 0 atom stereocenters. The molecule has 3 aromatic rings. The van der Waals surface area contributed by atoms with E-state index in [0.29, 0.717) is 12.3 Å². The number of hydrogen-bond acceptors (Lipinski definition) is 4. The van der Waals surface area contributed by atoms with Gasteiger partial charge in [-0.25, -0.2) is 4.39 Å². The molecule has 0 radical (unpaired) electrons. The van der Waals surface area contributed by atoms with Crippen LogP contribution in [0.5, 0.6) is 5.75 Å². The normalized spacial score (nSPS) is 14.2. The van der Waals surface area contributed by atoms with Gasteiger partial charge >= 0.3 is 0 Å². The van der Waals surface area contributed by atoms with Crippen molar-refractivity contribution >= 4 is 17.3 Å². The van der Waals surface area contributed by atoms with Crippen LogP contribution in [-0.2, 0) is 11.3 Å². The maximum absolute atomic E-state index is 13.9. The first-order valence-corrected chi connectivity index (χ1v) is 11.3. The second-order valence-corrected chi connectivity index (χ2v) is 8.56. The third-order valence-electron chi connectivity index (χ3n) is 5.81. The predicted molar refractivity (Wildman–Crippen MR) is 130 cm³/mol. The number of carbonyl (C=O) groups is 1. The number of hydrogen-bond donors (Lipinski definition) is 1. The molecule has 0 spiro atoms. The molecule has 1 amide bonds. The maximum Gasteiger partial charge on any atom is 0.262 e. The zero-order chi connectivity index (χ0) is 23.2. The van der Waals surface area contributed by atoms with Crippen molar-refractivity contribution in [2.45, 2.75) is 20.4 Å². The summed E-state index contributed by atoms with van der Waals surface area (Å²) in [5.41, 5.74) is 4.81. The molecule has 0 aromatic heterocycles. The molecule has 1 N–H and O–H groups in total. The van der Waals surface area contributed by atoms with Crippen molar-refractivity contribution in [2.75, 3.05) is 43.0 Å². The Hall–Kier alpha value is -3.38. The standard InChI is InChI=1S/C27H30FN3O2/c1-20-15-21(2)17-25(16-20)33-19-27(32)29-23-7-9-24(10-8-23)31-13-11-30(12-14-31)18-22-5-3-4-6-26(22)28/h3-10,15-17H,11-14,18-19H2,1-2H3,(H,29,32). The minimum atomic E-state index is -0.191. The smallest absolute Gasteiger partial charge is 0.262 e. The number of nitrogens with zero attached hydrogens (tertiary/aromatic N) is 2. The number of halogens is 1. The van der Waals surface area contributed by atoms with E-state index in [1.165, 1.54) is 6.07 Å². The van der Waals surface area contributed by atoms with E-state index in [2.05, 4.69) is 21.2 Å². The van der Waals surface area contributed by atoms with Crippen LogP contribution in [0.4, 0.5) is 15.8 Å².